The van der Waals surface area contributed by atoms with Gasteiger partial charge in [-0.2, -0.15) is 9.97 Å². The number of carbonyl (C=O) groups excluding carboxylic acids is 1. The molecule has 1 rings (SSSR count). The summed E-state index contributed by atoms with van der Waals surface area (Å²) in [7, 11) is 2.89. The lowest BCUT2D eigenvalue weighted by atomic mass is 10.5. The number of carbonyl (C=O) groups is 1. The zero-order chi connectivity index (χ0) is 9.68. The van der Waals surface area contributed by atoms with Crippen molar-refractivity contribution < 1.29 is 14.3 Å². The minimum atomic E-state index is 0.142. The lowest BCUT2D eigenvalue weighted by molar-refractivity contribution is -0.105. The van der Waals surface area contributed by atoms with E-state index in [2.05, 4.69) is 15.3 Å². The van der Waals surface area contributed by atoms with E-state index in [0.29, 0.717) is 18.1 Å². The van der Waals surface area contributed by atoms with Gasteiger partial charge in [-0.05, 0) is 0 Å². The summed E-state index contributed by atoms with van der Waals surface area (Å²) >= 11 is 0. The van der Waals surface area contributed by atoms with Gasteiger partial charge in [-0.25, -0.2) is 0 Å². The van der Waals surface area contributed by atoms with E-state index in [1.54, 1.807) is 0 Å². The molecule has 0 spiro atoms. The third-order valence-corrected chi connectivity index (χ3v) is 1.28. The predicted octanol–water partition coefficient (Wildman–Crippen LogP) is 0.0621. The SMILES string of the molecule is COc1cc(NC=O)nc(OC)n1. The molecular weight excluding hydrogens is 174 g/mol. The van der Waals surface area contributed by atoms with Crippen LogP contribution in [0.2, 0.25) is 0 Å². The van der Waals surface area contributed by atoms with Crippen molar-refractivity contribution in [3.63, 3.8) is 0 Å². The first-order valence-electron chi connectivity index (χ1n) is 3.47. The first kappa shape index (κ1) is 9.24. The Hall–Kier alpha value is -1.85. The van der Waals surface area contributed by atoms with E-state index >= 15 is 0 Å². The Morgan fingerprint density at radius 3 is 2.69 bits per heavy atom. The number of hydrogen-bond donors (Lipinski definition) is 1. The maximum atomic E-state index is 10.1. The van der Waals surface area contributed by atoms with E-state index in [4.69, 9.17) is 9.47 Å². The molecule has 1 N–H and O–H groups in total. The second-order valence-electron chi connectivity index (χ2n) is 2.04. The van der Waals surface area contributed by atoms with Crippen molar-refractivity contribution in [2.24, 2.45) is 0 Å². The fraction of sp³-hybridized carbons (Fsp3) is 0.286. The van der Waals surface area contributed by atoms with Gasteiger partial charge in [0.25, 0.3) is 0 Å². The van der Waals surface area contributed by atoms with Crippen LogP contribution in [0.4, 0.5) is 5.82 Å². The van der Waals surface area contributed by atoms with Crippen molar-refractivity contribution in [1.82, 2.24) is 9.97 Å². The van der Waals surface area contributed by atoms with Gasteiger partial charge in [0.15, 0.2) is 0 Å². The largest absolute Gasteiger partial charge is 0.481 e. The summed E-state index contributed by atoms with van der Waals surface area (Å²) in [6.45, 7) is 0. The molecule has 13 heavy (non-hydrogen) atoms. The zero-order valence-electron chi connectivity index (χ0n) is 7.27. The van der Waals surface area contributed by atoms with Gasteiger partial charge < -0.3 is 14.8 Å². The topological polar surface area (TPSA) is 73.3 Å². The van der Waals surface area contributed by atoms with Crippen molar-refractivity contribution in [3.8, 4) is 11.9 Å². The molecule has 0 bridgehead atoms. The fourth-order valence-corrected chi connectivity index (χ4v) is 0.734. The van der Waals surface area contributed by atoms with Crippen LogP contribution >= 0.6 is 0 Å². The summed E-state index contributed by atoms with van der Waals surface area (Å²) in [5, 5.41) is 2.37. The van der Waals surface area contributed by atoms with Crippen molar-refractivity contribution in [3.05, 3.63) is 6.07 Å². The molecule has 70 valence electrons. The van der Waals surface area contributed by atoms with Gasteiger partial charge in [0.2, 0.25) is 12.3 Å². The minimum absolute atomic E-state index is 0.142. The smallest absolute Gasteiger partial charge is 0.321 e. The molecule has 0 aliphatic carbocycles. The number of methoxy groups -OCH3 is 2. The first-order chi connectivity index (χ1) is 6.30. The molecule has 0 aromatic carbocycles. The van der Waals surface area contributed by atoms with E-state index in [0.717, 1.165) is 0 Å². The molecule has 1 heterocycles. The van der Waals surface area contributed by atoms with Gasteiger partial charge >= 0.3 is 6.01 Å². The quantitative estimate of drug-likeness (QED) is 0.668. The van der Waals surface area contributed by atoms with Crippen LogP contribution in [0, 0.1) is 0 Å². The number of hydrogen-bond acceptors (Lipinski definition) is 5. The normalized spacial score (nSPS) is 9.08. The number of aromatic nitrogens is 2. The second kappa shape index (κ2) is 4.24. The highest BCUT2D eigenvalue weighted by molar-refractivity contribution is 5.69. The second-order valence-corrected chi connectivity index (χ2v) is 2.04. The van der Waals surface area contributed by atoms with Crippen molar-refractivity contribution in [2.75, 3.05) is 19.5 Å². The average molecular weight is 183 g/mol. The Balaban J connectivity index is 2.99. The highest BCUT2D eigenvalue weighted by atomic mass is 16.5. The monoisotopic (exact) mass is 183 g/mol. The lowest BCUT2D eigenvalue weighted by Crippen LogP contribution is -2.01. The molecule has 0 radical (unpaired) electrons. The number of amides is 1. The molecule has 0 atom stereocenters. The summed E-state index contributed by atoms with van der Waals surface area (Å²) in [5.41, 5.74) is 0. The number of ether oxygens (including phenoxy) is 2. The van der Waals surface area contributed by atoms with Crippen molar-refractivity contribution >= 4 is 12.2 Å². The number of anilines is 1. The van der Waals surface area contributed by atoms with Crippen molar-refractivity contribution in [2.45, 2.75) is 0 Å². The van der Waals surface area contributed by atoms with Crippen LogP contribution in [-0.2, 0) is 4.79 Å². The van der Waals surface area contributed by atoms with Crippen LogP contribution in [0.5, 0.6) is 11.9 Å². The van der Waals surface area contributed by atoms with E-state index in [-0.39, 0.29) is 6.01 Å². The summed E-state index contributed by atoms with van der Waals surface area (Å²) in [5.74, 6) is 0.662. The summed E-state index contributed by atoms with van der Waals surface area (Å²) in [6, 6.07) is 1.63. The van der Waals surface area contributed by atoms with E-state index in [9.17, 15) is 4.79 Å². The highest BCUT2D eigenvalue weighted by Gasteiger charge is 2.03. The van der Waals surface area contributed by atoms with Crippen LogP contribution < -0.4 is 14.8 Å². The third-order valence-electron chi connectivity index (χ3n) is 1.28. The predicted molar refractivity (Wildman–Crippen MR) is 44.8 cm³/mol. The van der Waals surface area contributed by atoms with Gasteiger partial charge in [-0.1, -0.05) is 0 Å². The van der Waals surface area contributed by atoms with Gasteiger partial charge in [0.05, 0.1) is 14.2 Å². The van der Waals surface area contributed by atoms with Crippen LogP contribution in [0.1, 0.15) is 0 Å². The fourth-order valence-electron chi connectivity index (χ4n) is 0.734. The Kier molecular flexibility index (Phi) is 3.02. The van der Waals surface area contributed by atoms with Gasteiger partial charge in [-0.15, -0.1) is 0 Å². The molecule has 0 aliphatic rings. The maximum absolute atomic E-state index is 10.1. The van der Waals surface area contributed by atoms with E-state index < -0.39 is 0 Å². The van der Waals surface area contributed by atoms with E-state index in [1.807, 2.05) is 0 Å². The standard InChI is InChI=1S/C7H9N3O3/c1-12-6-3-5(8-4-11)9-7(10-6)13-2/h3-4H,1-2H3,(H,8,9,10,11). The zero-order valence-corrected chi connectivity index (χ0v) is 7.27. The lowest BCUT2D eigenvalue weighted by Gasteiger charge is -2.04. The highest BCUT2D eigenvalue weighted by Crippen LogP contribution is 2.15. The molecule has 0 fully saturated rings. The van der Waals surface area contributed by atoms with Crippen LogP contribution in [0.25, 0.3) is 0 Å². The molecule has 6 heteroatoms. The molecule has 0 saturated heterocycles. The Morgan fingerprint density at radius 2 is 2.15 bits per heavy atom. The van der Waals surface area contributed by atoms with Gasteiger partial charge in [-0.3, -0.25) is 4.79 Å². The molecular formula is C7H9N3O3. The Labute approximate surface area is 74.9 Å². The van der Waals surface area contributed by atoms with Gasteiger partial charge in [0, 0.05) is 6.07 Å². The first-order valence-corrected chi connectivity index (χ1v) is 3.47. The number of rotatable bonds is 4. The number of nitrogens with one attached hydrogen (secondary N) is 1. The van der Waals surface area contributed by atoms with Crippen LogP contribution in [0.15, 0.2) is 6.07 Å². The molecule has 0 aliphatic heterocycles. The Bertz CT molecular complexity index is 281. The third kappa shape index (κ3) is 2.29. The molecule has 0 unspecified atom stereocenters. The minimum Gasteiger partial charge on any atom is -0.481 e. The summed E-state index contributed by atoms with van der Waals surface area (Å²) < 4.78 is 9.64. The number of nitrogens with zero attached hydrogens (tertiary/aromatic N) is 2. The molecule has 0 saturated carbocycles. The van der Waals surface area contributed by atoms with Crippen LogP contribution in [0.3, 0.4) is 0 Å². The van der Waals surface area contributed by atoms with Crippen LogP contribution in [-0.4, -0.2) is 30.6 Å². The summed E-state index contributed by atoms with van der Waals surface area (Å²) in [6.07, 6.45) is 0.515. The summed E-state index contributed by atoms with van der Waals surface area (Å²) in [4.78, 5) is 17.8. The molecule has 1 aromatic rings. The molecule has 1 amide bonds. The molecule has 6 nitrogen and oxygen atoms in total. The van der Waals surface area contributed by atoms with Gasteiger partial charge in [0.1, 0.15) is 5.82 Å². The maximum Gasteiger partial charge on any atom is 0.321 e. The average Bonchev–Trinajstić information content (AvgIpc) is 2.17. The molecule has 1 aromatic heterocycles. The van der Waals surface area contributed by atoms with E-state index in [1.165, 1.54) is 20.3 Å². The Morgan fingerprint density at radius 1 is 1.38 bits per heavy atom. The van der Waals surface area contributed by atoms with Crippen molar-refractivity contribution in [1.29, 1.82) is 0 Å².